The molecule has 0 bridgehead atoms. The fourth-order valence-corrected chi connectivity index (χ4v) is 4.94. The molecule has 168 valence electrons. The van der Waals surface area contributed by atoms with Crippen LogP contribution in [-0.2, 0) is 21.2 Å². The molecular weight excluding hydrogens is 440 g/mol. The second-order valence-corrected chi connectivity index (χ2v) is 9.40. The predicted octanol–water partition coefficient (Wildman–Crippen LogP) is 4.15. The van der Waals surface area contributed by atoms with Crippen molar-refractivity contribution in [3.05, 3.63) is 71.4 Å². The normalized spacial score (nSPS) is 13.1. The SMILES string of the molecule is CC(=O)N1CCCc2cc(S(=O)(=O)Nc3ccc(Oc4ncccc4C#N)cc3C)ccc21. The van der Waals surface area contributed by atoms with Crippen LogP contribution in [0.25, 0.3) is 0 Å². The summed E-state index contributed by atoms with van der Waals surface area (Å²) in [5.41, 5.74) is 2.95. The molecule has 1 aliphatic rings. The highest BCUT2D eigenvalue weighted by atomic mass is 32.2. The fraction of sp³-hybridized carbons (Fsp3) is 0.208. The summed E-state index contributed by atoms with van der Waals surface area (Å²) in [6.07, 6.45) is 3.03. The Kier molecular flexibility index (Phi) is 6.03. The number of aryl methyl sites for hydroxylation is 2. The Morgan fingerprint density at radius 2 is 2.03 bits per heavy atom. The molecule has 2 aromatic carbocycles. The van der Waals surface area contributed by atoms with E-state index < -0.39 is 10.0 Å². The van der Waals surface area contributed by atoms with Gasteiger partial charge in [0.15, 0.2) is 0 Å². The van der Waals surface area contributed by atoms with E-state index in [1.807, 2.05) is 6.07 Å². The average Bonchev–Trinajstić information content (AvgIpc) is 2.80. The molecule has 0 fully saturated rings. The molecule has 0 saturated heterocycles. The van der Waals surface area contributed by atoms with Crippen molar-refractivity contribution in [2.24, 2.45) is 0 Å². The summed E-state index contributed by atoms with van der Waals surface area (Å²) in [4.78, 5) is 17.7. The van der Waals surface area contributed by atoms with Gasteiger partial charge in [-0.1, -0.05) is 0 Å². The highest BCUT2D eigenvalue weighted by molar-refractivity contribution is 7.92. The number of nitriles is 1. The standard InChI is InChI=1S/C24H22N4O4S/c1-16-13-20(32-24-19(15-25)5-3-11-26-24)7-9-22(16)27-33(30,31)21-8-10-23-18(14-21)6-4-12-28(23)17(2)29/h3,5,7-11,13-14,27H,4,6,12H2,1-2H3. The highest BCUT2D eigenvalue weighted by Gasteiger charge is 2.23. The number of hydrogen-bond donors (Lipinski definition) is 1. The van der Waals surface area contributed by atoms with Crippen LogP contribution in [0.4, 0.5) is 11.4 Å². The summed E-state index contributed by atoms with van der Waals surface area (Å²) in [6, 6.07) is 15.0. The quantitative estimate of drug-likeness (QED) is 0.609. The average molecular weight is 463 g/mol. The van der Waals surface area contributed by atoms with Crippen molar-refractivity contribution in [3.63, 3.8) is 0 Å². The van der Waals surface area contributed by atoms with E-state index in [9.17, 15) is 18.5 Å². The molecule has 0 saturated carbocycles. The molecule has 2 heterocycles. The van der Waals surface area contributed by atoms with Crippen LogP contribution < -0.4 is 14.4 Å². The van der Waals surface area contributed by atoms with Crippen LogP contribution in [0, 0.1) is 18.3 Å². The molecular formula is C24H22N4O4S. The maximum absolute atomic E-state index is 13.0. The first-order valence-corrected chi connectivity index (χ1v) is 11.8. The topological polar surface area (TPSA) is 112 Å². The number of nitrogens with one attached hydrogen (secondary N) is 1. The summed E-state index contributed by atoms with van der Waals surface area (Å²) in [5, 5.41) is 9.18. The number of anilines is 2. The number of hydrogen-bond acceptors (Lipinski definition) is 6. The molecule has 0 spiro atoms. The van der Waals surface area contributed by atoms with Crippen LogP contribution in [0.5, 0.6) is 11.6 Å². The number of carbonyl (C=O) groups is 1. The van der Waals surface area contributed by atoms with Crippen LogP contribution in [0.15, 0.2) is 59.6 Å². The third-order valence-corrected chi connectivity index (χ3v) is 6.77. The Morgan fingerprint density at radius 1 is 1.21 bits per heavy atom. The first-order chi connectivity index (χ1) is 15.8. The molecule has 33 heavy (non-hydrogen) atoms. The van der Waals surface area contributed by atoms with Gasteiger partial charge in [0.05, 0.1) is 10.6 Å². The number of sulfonamides is 1. The zero-order valence-corrected chi connectivity index (χ0v) is 19.0. The predicted molar refractivity (Wildman–Crippen MR) is 124 cm³/mol. The van der Waals surface area contributed by atoms with Crippen molar-refractivity contribution < 1.29 is 17.9 Å². The van der Waals surface area contributed by atoms with Crippen molar-refractivity contribution in [2.45, 2.75) is 31.6 Å². The van der Waals surface area contributed by atoms with E-state index in [-0.39, 0.29) is 16.7 Å². The lowest BCUT2D eigenvalue weighted by atomic mass is 10.0. The van der Waals surface area contributed by atoms with Gasteiger partial charge < -0.3 is 9.64 Å². The lowest BCUT2D eigenvalue weighted by molar-refractivity contribution is -0.116. The molecule has 0 unspecified atom stereocenters. The molecule has 1 aromatic heterocycles. The number of carbonyl (C=O) groups excluding carboxylic acids is 1. The Labute approximate surface area is 192 Å². The first-order valence-electron chi connectivity index (χ1n) is 10.4. The molecule has 3 aromatic rings. The molecule has 1 aliphatic heterocycles. The lowest BCUT2D eigenvalue weighted by Gasteiger charge is -2.28. The minimum atomic E-state index is -3.84. The van der Waals surface area contributed by atoms with Gasteiger partial charge in [-0.15, -0.1) is 0 Å². The van der Waals surface area contributed by atoms with Gasteiger partial charge in [0.25, 0.3) is 10.0 Å². The van der Waals surface area contributed by atoms with Crippen LogP contribution in [-0.4, -0.2) is 25.9 Å². The molecule has 1 amide bonds. The van der Waals surface area contributed by atoms with E-state index in [2.05, 4.69) is 9.71 Å². The summed E-state index contributed by atoms with van der Waals surface area (Å²) in [5.74, 6) is 0.556. The van der Waals surface area contributed by atoms with Gasteiger partial charge >= 0.3 is 0 Å². The highest BCUT2D eigenvalue weighted by Crippen LogP contribution is 2.31. The maximum atomic E-state index is 13.0. The van der Waals surface area contributed by atoms with Crippen LogP contribution in [0.3, 0.4) is 0 Å². The minimum Gasteiger partial charge on any atom is -0.438 e. The van der Waals surface area contributed by atoms with Crippen molar-refractivity contribution in [1.82, 2.24) is 4.98 Å². The molecule has 0 radical (unpaired) electrons. The van der Waals surface area contributed by atoms with Crippen LogP contribution in [0.1, 0.15) is 30.0 Å². The molecule has 9 heteroatoms. The minimum absolute atomic E-state index is 0.0600. The van der Waals surface area contributed by atoms with Gasteiger partial charge in [0, 0.05) is 25.4 Å². The zero-order valence-electron chi connectivity index (χ0n) is 18.2. The van der Waals surface area contributed by atoms with Crippen LogP contribution >= 0.6 is 0 Å². The fourth-order valence-electron chi connectivity index (χ4n) is 3.75. The number of nitrogens with zero attached hydrogens (tertiary/aromatic N) is 3. The zero-order chi connectivity index (χ0) is 23.6. The number of ether oxygens (including phenoxy) is 1. The van der Waals surface area contributed by atoms with Gasteiger partial charge in [0.1, 0.15) is 17.4 Å². The van der Waals surface area contributed by atoms with E-state index >= 15 is 0 Å². The summed E-state index contributed by atoms with van der Waals surface area (Å²) in [6.45, 7) is 3.90. The first kappa shape index (κ1) is 22.3. The van der Waals surface area contributed by atoms with E-state index in [0.29, 0.717) is 35.5 Å². The van der Waals surface area contributed by atoms with Crippen LogP contribution in [0.2, 0.25) is 0 Å². The number of amides is 1. The second-order valence-electron chi connectivity index (χ2n) is 7.72. The van der Waals surface area contributed by atoms with Gasteiger partial charge in [-0.05, 0) is 79.4 Å². The van der Waals surface area contributed by atoms with Crippen molar-refractivity contribution in [3.8, 4) is 17.7 Å². The lowest BCUT2D eigenvalue weighted by Crippen LogP contribution is -2.33. The van der Waals surface area contributed by atoms with E-state index in [4.69, 9.17) is 4.74 Å². The number of aromatic nitrogens is 1. The molecule has 8 nitrogen and oxygen atoms in total. The summed E-state index contributed by atoms with van der Waals surface area (Å²) < 4.78 is 34.4. The van der Waals surface area contributed by atoms with E-state index in [1.54, 1.807) is 54.3 Å². The third-order valence-electron chi connectivity index (χ3n) is 5.41. The van der Waals surface area contributed by atoms with Crippen molar-refractivity contribution in [1.29, 1.82) is 5.26 Å². The molecule has 1 N–H and O–H groups in total. The molecule has 4 rings (SSSR count). The number of rotatable bonds is 5. The van der Waals surface area contributed by atoms with E-state index in [1.165, 1.54) is 19.2 Å². The van der Waals surface area contributed by atoms with Gasteiger partial charge in [-0.25, -0.2) is 13.4 Å². The Morgan fingerprint density at radius 3 is 2.76 bits per heavy atom. The van der Waals surface area contributed by atoms with Gasteiger partial charge in [-0.3, -0.25) is 9.52 Å². The summed E-state index contributed by atoms with van der Waals surface area (Å²) in [7, 11) is -3.84. The van der Waals surface area contributed by atoms with Gasteiger partial charge in [0.2, 0.25) is 11.8 Å². The number of pyridine rings is 1. The third kappa shape index (κ3) is 4.66. The van der Waals surface area contributed by atoms with E-state index in [0.717, 1.165) is 17.7 Å². The largest absolute Gasteiger partial charge is 0.438 e. The van der Waals surface area contributed by atoms with Crippen molar-refractivity contribution in [2.75, 3.05) is 16.2 Å². The number of fused-ring (bicyclic) bond motifs is 1. The second kappa shape index (κ2) is 8.92. The maximum Gasteiger partial charge on any atom is 0.261 e. The Hall–Kier alpha value is -3.90. The smallest absolute Gasteiger partial charge is 0.261 e. The number of benzene rings is 2. The molecule has 0 aliphatic carbocycles. The molecule has 0 atom stereocenters. The summed E-state index contributed by atoms with van der Waals surface area (Å²) >= 11 is 0. The van der Waals surface area contributed by atoms with Gasteiger partial charge in [-0.2, -0.15) is 5.26 Å². The Bertz CT molecular complexity index is 1380. The van der Waals surface area contributed by atoms with Crippen molar-refractivity contribution >= 4 is 27.3 Å². The monoisotopic (exact) mass is 462 g/mol. The Balaban J connectivity index is 1.56.